The SMILES string of the molecule is CN(C)c1ccc(/C=C/c2sc3ccccc3[n+]2Cc2ccccc2)cc1. The molecule has 27 heavy (non-hydrogen) atoms. The number of anilines is 1. The van der Waals surface area contributed by atoms with Gasteiger partial charge in [0.15, 0.2) is 6.54 Å². The van der Waals surface area contributed by atoms with Crippen molar-refractivity contribution in [1.82, 2.24) is 0 Å². The number of thiazole rings is 1. The van der Waals surface area contributed by atoms with Gasteiger partial charge in [-0.05, 0) is 29.8 Å². The first kappa shape index (κ1) is 17.5. The lowest BCUT2D eigenvalue weighted by Crippen LogP contribution is -2.35. The molecule has 0 unspecified atom stereocenters. The van der Waals surface area contributed by atoms with E-state index in [0.717, 1.165) is 6.54 Å². The summed E-state index contributed by atoms with van der Waals surface area (Å²) in [5.74, 6) is 0. The highest BCUT2D eigenvalue weighted by molar-refractivity contribution is 7.18. The number of hydrogen-bond donors (Lipinski definition) is 0. The molecular weight excluding hydrogens is 348 g/mol. The van der Waals surface area contributed by atoms with Crippen molar-refractivity contribution in [2.45, 2.75) is 6.54 Å². The lowest BCUT2D eigenvalue weighted by molar-refractivity contribution is -0.659. The normalized spacial score (nSPS) is 11.3. The summed E-state index contributed by atoms with van der Waals surface area (Å²) in [5.41, 5.74) is 5.03. The largest absolute Gasteiger partial charge is 0.378 e. The molecule has 0 aliphatic rings. The Balaban J connectivity index is 1.69. The van der Waals surface area contributed by atoms with E-state index in [4.69, 9.17) is 0 Å². The number of nitrogens with zero attached hydrogens (tertiary/aromatic N) is 2. The Labute approximate surface area is 164 Å². The third-order valence-electron chi connectivity index (χ3n) is 4.65. The minimum atomic E-state index is 0.879. The Hall–Kier alpha value is -2.91. The van der Waals surface area contributed by atoms with Gasteiger partial charge in [0.05, 0.1) is 0 Å². The van der Waals surface area contributed by atoms with E-state index in [2.05, 4.69) is 115 Å². The van der Waals surface area contributed by atoms with E-state index in [9.17, 15) is 0 Å². The van der Waals surface area contributed by atoms with Crippen LogP contribution in [-0.2, 0) is 6.54 Å². The maximum absolute atomic E-state index is 2.40. The van der Waals surface area contributed by atoms with Gasteiger partial charge in [-0.25, -0.2) is 0 Å². The Kier molecular flexibility index (Phi) is 5.03. The molecule has 0 aliphatic carbocycles. The lowest BCUT2D eigenvalue weighted by Gasteiger charge is -2.11. The van der Waals surface area contributed by atoms with Gasteiger partial charge < -0.3 is 4.90 Å². The van der Waals surface area contributed by atoms with E-state index in [1.54, 1.807) is 0 Å². The molecule has 0 atom stereocenters. The molecule has 3 heteroatoms. The molecule has 0 radical (unpaired) electrons. The minimum absolute atomic E-state index is 0.879. The summed E-state index contributed by atoms with van der Waals surface area (Å²) in [4.78, 5) is 2.12. The molecule has 0 aliphatic heterocycles. The van der Waals surface area contributed by atoms with Gasteiger partial charge in [0.1, 0.15) is 4.70 Å². The van der Waals surface area contributed by atoms with Gasteiger partial charge in [-0.3, -0.25) is 0 Å². The molecule has 3 aromatic carbocycles. The van der Waals surface area contributed by atoms with Crippen LogP contribution in [0.5, 0.6) is 0 Å². The van der Waals surface area contributed by atoms with Gasteiger partial charge in [-0.2, -0.15) is 4.57 Å². The average Bonchev–Trinajstić information content (AvgIpc) is 3.05. The Morgan fingerprint density at radius 3 is 2.26 bits per heavy atom. The molecule has 134 valence electrons. The predicted octanol–water partition coefficient (Wildman–Crippen LogP) is 5.47. The molecular formula is C24H23N2S+. The summed E-state index contributed by atoms with van der Waals surface area (Å²) in [7, 11) is 4.13. The van der Waals surface area contributed by atoms with Crippen molar-refractivity contribution in [1.29, 1.82) is 0 Å². The van der Waals surface area contributed by atoms with Crippen molar-refractivity contribution in [2.75, 3.05) is 19.0 Å². The van der Waals surface area contributed by atoms with Crippen LogP contribution < -0.4 is 9.47 Å². The van der Waals surface area contributed by atoms with Crippen LogP contribution in [0.1, 0.15) is 16.1 Å². The highest BCUT2D eigenvalue weighted by Gasteiger charge is 2.18. The van der Waals surface area contributed by atoms with E-state index in [0.29, 0.717) is 0 Å². The number of aromatic nitrogens is 1. The third-order valence-corrected chi connectivity index (χ3v) is 5.78. The maximum atomic E-state index is 2.40. The van der Waals surface area contributed by atoms with E-state index >= 15 is 0 Å². The monoisotopic (exact) mass is 371 g/mol. The number of rotatable bonds is 5. The van der Waals surface area contributed by atoms with E-state index in [1.807, 2.05) is 11.3 Å². The van der Waals surface area contributed by atoms with Crippen molar-refractivity contribution in [3.63, 3.8) is 0 Å². The molecule has 0 saturated carbocycles. The second-order valence-electron chi connectivity index (χ2n) is 6.80. The van der Waals surface area contributed by atoms with Gasteiger partial charge in [0.25, 0.3) is 5.01 Å². The summed E-state index contributed by atoms with van der Waals surface area (Å²) in [6.07, 6.45) is 4.43. The van der Waals surface area contributed by atoms with Crippen LogP contribution in [0.25, 0.3) is 22.4 Å². The zero-order valence-corrected chi connectivity index (χ0v) is 16.5. The van der Waals surface area contributed by atoms with E-state index in [1.165, 1.54) is 32.0 Å². The molecule has 0 spiro atoms. The second kappa shape index (κ2) is 7.77. The Bertz CT molecular complexity index is 1060. The van der Waals surface area contributed by atoms with Crippen LogP contribution in [0.3, 0.4) is 0 Å². The Morgan fingerprint density at radius 2 is 1.52 bits per heavy atom. The summed E-state index contributed by atoms with van der Waals surface area (Å²) in [6.45, 7) is 0.879. The molecule has 1 aromatic heterocycles. The molecule has 1 heterocycles. The smallest absolute Gasteiger partial charge is 0.263 e. The molecule has 0 bridgehead atoms. The van der Waals surface area contributed by atoms with Gasteiger partial charge in [-0.15, -0.1) is 0 Å². The molecule has 0 fully saturated rings. The molecule has 0 N–H and O–H groups in total. The minimum Gasteiger partial charge on any atom is -0.378 e. The van der Waals surface area contributed by atoms with E-state index in [-0.39, 0.29) is 0 Å². The summed E-state index contributed by atoms with van der Waals surface area (Å²) >= 11 is 1.84. The molecule has 0 amide bonds. The summed E-state index contributed by atoms with van der Waals surface area (Å²) in [5, 5.41) is 1.26. The summed E-state index contributed by atoms with van der Waals surface area (Å²) < 4.78 is 3.72. The first-order valence-corrected chi connectivity index (χ1v) is 9.93. The average molecular weight is 372 g/mol. The fourth-order valence-electron chi connectivity index (χ4n) is 3.16. The first-order chi connectivity index (χ1) is 13.2. The molecule has 2 nitrogen and oxygen atoms in total. The van der Waals surface area contributed by atoms with Crippen LogP contribution in [-0.4, -0.2) is 14.1 Å². The number of fused-ring (bicyclic) bond motifs is 1. The van der Waals surface area contributed by atoms with Gasteiger partial charge in [-0.1, -0.05) is 65.9 Å². The summed E-state index contributed by atoms with van der Waals surface area (Å²) in [6, 6.07) is 27.9. The van der Waals surface area contributed by atoms with Crippen LogP contribution in [0.4, 0.5) is 5.69 Å². The van der Waals surface area contributed by atoms with Crippen molar-refractivity contribution in [3.05, 3.63) is 95.0 Å². The molecule has 4 aromatic rings. The highest BCUT2D eigenvalue weighted by Crippen LogP contribution is 2.23. The van der Waals surface area contributed by atoms with Gasteiger partial charge in [0, 0.05) is 37.5 Å². The highest BCUT2D eigenvalue weighted by atomic mass is 32.1. The fourth-order valence-corrected chi connectivity index (χ4v) is 4.22. The van der Waals surface area contributed by atoms with Gasteiger partial charge >= 0.3 is 0 Å². The number of para-hydroxylation sites is 1. The second-order valence-corrected chi connectivity index (χ2v) is 7.86. The first-order valence-electron chi connectivity index (χ1n) is 9.11. The van der Waals surface area contributed by atoms with Gasteiger partial charge in [0.2, 0.25) is 5.52 Å². The predicted molar refractivity (Wildman–Crippen MR) is 117 cm³/mol. The van der Waals surface area contributed by atoms with Crippen LogP contribution in [0.2, 0.25) is 0 Å². The zero-order chi connectivity index (χ0) is 18.6. The van der Waals surface area contributed by atoms with Crippen molar-refractivity contribution in [3.8, 4) is 0 Å². The topological polar surface area (TPSA) is 7.12 Å². The lowest BCUT2D eigenvalue weighted by atomic mass is 10.2. The van der Waals surface area contributed by atoms with Crippen molar-refractivity contribution in [2.24, 2.45) is 0 Å². The zero-order valence-electron chi connectivity index (χ0n) is 15.7. The van der Waals surface area contributed by atoms with Crippen LogP contribution in [0, 0.1) is 0 Å². The maximum Gasteiger partial charge on any atom is 0.263 e. The quantitative estimate of drug-likeness (QED) is 0.422. The van der Waals surface area contributed by atoms with E-state index < -0.39 is 0 Å². The van der Waals surface area contributed by atoms with Crippen LogP contribution in [0.15, 0.2) is 78.9 Å². The Morgan fingerprint density at radius 1 is 0.815 bits per heavy atom. The standard InChI is InChI=1S/C24H23N2S/c1-25(2)21-15-12-19(13-16-21)14-17-24-26(18-20-8-4-3-5-9-20)22-10-6-7-11-23(22)27-24/h3-17H,18H2,1-2H3/q+1. The van der Waals surface area contributed by atoms with Crippen LogP contribution >= 0.6 is 11.3 Å². The molecule has 0 saturated heterocycles. The number of hydrogen-bond acceptors (Lipinski definition) is 2. The molecule has 4 rings (SSSR count). The van der Waals surface area contributed by atoms with Crippen molar-refractivity contribution >= 4 is 39.4 Å². The fraction of sp³-hybridized carbons (Fsp3) is 0.125. The third kappa shape index (κ3) is 3.93. The number of benzene rings is 3. The van der Waals surface area contributed by atoms with Crippen molar-refractivity contribution < 1.29 is 4.57 Å².